The zero-order valence-corrected chi connectivity index (χ0v) is 11.8. The van der Waals surface area contributed by atoms with E-state index in [1.807, 2.05) is 25.1 Å². The first-order valence-electron chi connectivity index (χ1n) is 5.45. The van der Waals surface area contributed by atoms with Gasteiger partial charge >= 0.3 is 0 Å². The van der Waals surface area contributed by atoms with Crippen LogP contribution in [0.2, 0.25) is 5.02 Å². The highest BCUT2D eigenvalue weighted by molar-refractivity contribution is 6.33. The standard InChI is InChI=1S/C11H13ClN6.ClH/c1-2-10-15-17-11(18(10)13)16-14-7-8-5-3-4-6-9(8)12;/h3-7H,2,13H2,1H3,(H,16,17);1H. The third kappa shape index (κ3) is 3.59. The molecule has 0 radical (unpaired) electrons. The van der Waals surface area contributed by atoms with Crippen LogP contribution in [-0.2, 0) is 6.42 Å². The molecule has 0 aliphatic heterocycles. The molecular formula is C11H14Cl2N6. The normalized spacial score (nSPS) is 10.4. The lowest BCUT2D eigenvalue weighted by atomic mass is 10.2. The van der Waals surface area contributed by atoms with Gasteiger partial charge in [0.1, 0.15) is 0 Å². The number of nitrogen functional groups attached to an aromatic ring is 1. The van der Waals surface area contributed by atoms with Crippen molar-refractivity contribution in [2.24, 2.45) is 5.10 Å². The van der Waals surface area contributed by atoms with Gasteiger partial charge in [-0.25, -0.2) is 10.1 Å². The Labute approximate surface area is 122 Å². The summed E-state index contributed by atoms with van der Waals surface area (Å²) >= 11 is 5.99. The molecule has 1 heterocycles. The van der Waals surface area contributed by atoms with E-state index in [1.165, 1.54) is 4.68 Å². The van der Waals surface area contributed by atoms with E-state index >= 15 is 0 Å². The molecule has 0 aliphatic rings. The van der Waals surface area contributed by atoms with E-state index in [0.29, 0.717) is 23.2 Å². The van der Waals surface area contributed by atoms with Crippen molar-refractivity contribution < 1.29 is 0 Å². The Morgan fingerprint density at radius 2 is 2.16 bits per heavy atom. The highest BCUT2D eigenvalue weighted by Crippen LogP contribution is 2.12. The van der Waals surface area contributed by atoms with Crippen LogP contribution in [0.1, 0.15) is 18.3 Å². The predicted octanol–water partition coefficient (Wildman–Crippen LogP) is 2.08. The minimum Gasteiger partial charge on any atom is -0.335 e. The number of halogens is 2. The fourth-order valence-electron chi connectivity index (χ4n) is 1.38. The number of hydrazone groups is 1. The average molecular weight is 301 g/mol. The number of benzene rings is 1. The highest BCUT2D eigenvalue weighted by atomic mass is 35.5. The fraction of sp³-hybridized carbons (Fsp3) is 0.182. The molecule has 0 fully saturated rings. The Morgan fingerprint density at radius 3 is 2.79 bits per heavy atom. The van der Waals surface area contributed by atoms with Crippen molar-refractivity contribution in [3.63, 3.8) is 0 Å². The van der Waals surface area contributed by atoms with Gasteiger partial charge in [0.15, 0.2) is 5.82 Å². The van der Waals surface area contributed by atoms with Crippen molar-refractivity contribution >= 4 is 36.2 Å². The first-order valence-corrected chi connectivity index (χ1v) is 5.83. The molecule has 0 saturated carbocycles. The molecule has 2 rings (SSSR count). The Kier molecular flexibility index (Phi) is 5.59. The molecule has 1 aromatic heterocycles. The van der Waals surface area contributed by atoms with Crippen molar-refractivity contribution in [1.82, 2.24) is 14.9 Å². The van der Waals surface area contributed by atoms with Gasteiger partial charge in [-0.05, 0) is 6.07 Å². The number of nitrogens with zero attached hydrogens (tertiary/aromatic N) is 4. The second kappa shape index (κ2) is 6.96. The van der Waals surface area contributed by atoms with Crippen molar-refractivity contribution in [1.29, 1.82) is 0 Å². The van der Waals surface area contributed by atoms with E-state index in [1.54, 1.807) is 12.3 Å². The third-order valence-electron chi connectivity index (χ3n) is 2.36. The second-order valence-electron chi connectivity index (χ2n) is 3.55. The van der Waals surface area contributed by atoms with Crippen LogP contribution in [-0.4, -0.2) is 21.1 Å². The Morgan fingerprint density at radius 1 is 1.42 bits per heavy atom. The molecule has 102 valence electrons. The van der Waals surface area contributed by atoms with E-state index in [9.17, 15) is 0 Å². The topological polar surface area (TPSA) is 81.1 Å². The van der Waals surface area contributed by atoms with E-state index in [0.717, 1.165) is 5.56 Å². The molecule has 0 bridgehead atoms. The van der Waals surface area contributed by atoms with Gasteiger partial charge in [-0.1, -0.05) is 36.7 Å². The van der Waals surface area contributed by atoms with E-state index in [4.69, 9.17) is 17.4 Å². The molecule has 2 aromatic rings. The Hall–Kier alpha value is -1.79. The van der Waals surface area contributed by atoms with Crippen molar-refractivity contribution in [2.75, 3.05) is 11.3 Å². The number of hydrogen-bond donors (Lipinski definition) is 2. The second-order valence-corrected chi connectivity index (χ2v) is 3.96. The summed E-state index contributed by atoms with van der Waals surface area (Å²) in [6.45, 7) is 1.95. The number of hydrogen-bond acceptors (Lipinski definition) is 5. The Balaban J connectivity index is 0.00000180. The molecule has 6 nitrogen and oxygen atoms in total. The minimum atomic E-state index is 0. The van der Waals surface area contributed by atoms with Gasteiger partial charge in [-0.15, -0.1) is 22.6 Å². The third-order valence-corrected chi connectivity index (χ3v) is 2.70. The van der Waals surface area contributed by atoms with Gasteiger partial charge in [0.2, 0.25) is 0 Å². The highest BCUT2D eigenvalue weighted by Gasteiger charge is 2.05. The van der Waals surface area contributed by atoms with Gasteiger partial charge in [0.25, 0.3) is 5.95 Å². The van der Waals surface area contributed by atoms with Crippen LogP contribution in [0, 0.1) is 0 Å². The molecule has 8 heteroatoms. The summed E-state index contributed by atoms with van der Waals surface area (Å²) in [6, 6.07) is 7.40. The number of nitrogens with two attached hydrogens (primary N) is 1. The maximum absolute atomic E-state index is 5.99. The van der Waals surface area contributed by atoms with Gasteiger partial charge in [-0.3, -0.25) is 0 Å². The SMILES string of the molecule is CCc1nnc(NN=Cc2ccccc2Cl)n1N.Cl. The van der Waals surface area contributed by atoms with E-state index in [-0.39, 0.29) is 12.4 Å². The number of anilines is 1. The quantitative estimate of drug-likeness (QED) is 0.514. The average Bonchev–Trinajstić information content (AvgIpc) is 2.73. The molecule has 0 amide bonds. The maximum Gasteiger partial charge on any atom is 0.263 e. The first kappa shape index (κ1) is 15.3. The molecule has 0 atom stereocenters. The predicted molar refractivity (Wildman–Crippen MR) is 79.5 cm³/mol. The van der Waals surface area contributed by atoms with Crippen LogP contribution in [0.5, 0.6) is 0 Å². The Bertz CT molecular complexity index is 566. The van der Waals surface area contributed by atoms with Crippen LogP contribution >= 0.6 is 24.0 Å². The lowest BCUT2D eigenvalue weighted by Crippen LogP contribution is -2.14. The van der Waals surface area contributed by atoms with Crippen molar-refractivity contribution in [3.05, 3.63) is 40.7 Å². The lowest BCUT2D eigenvalue weighted by molar-refractivity contribution is 0.855. The molecule has 0 unspecified atom stereocenters. The van der Waals surface area contributed by atoms with Gasteiger partial charge in [0, 0.05) is 17.0 Å². The van der Waals surface area contributed by atoms with Crippen LogP contribution in [0.4, 0.5) is 5.95 Å². The molecule has 19 heavy (non-hydrogen) atoms. The summed E-state index contributed by atoms with van der Waals surface area (Å²) in [6.07, 6.45) is 2.31. The minimum absolute atomic E-state index is 0. The molecule has 0 spiro atoms. The molecular weight excluding hydrogens is 287 g/mol. The molecule has 0 saturated heterocycles. The monoisotopic (exact) mass is 300 g/mol. The smallest absolute Gasteiger partial charge is 0.263 e. The number of rotatable bonds is 4. The summed E-state index contributed by atoms with van der Waals surface area (Å²) in [5, 5.41) is 12.4. The largest absolute Gasteiger partial charge is 0.335 e. The van der Waals surface area contributed by atoms with Crippen molar-refractivity contribution in [2.45, 2.75) is 13.3 Å². The maximum atomic E-state index is 5.99. The first-order chi connectivity index (χ1) is 8.72. The van der Waals surface area contributed by atoms with Crippen LogP contribution in [0.3, 0.4) is 0 Å². The van der Waals surface area contributed by atoms with Crippen LogP contribution in [0.15, 0.2) is 29.4 Å². The van der Waals surface area contributed by atoms with Gasteiger partial charge in [0.05, 0.1) is 6.21 Å². The van der Waals surface area contributed by atoms with Crippen LogP contribution < -0.4 is 11.3 Å². The van der Waals surface area contributed by atoms with E-state index in [2.05, 4.69) is 20.7 Å². The number of aryl methyl sites for hydroxylation is 1. The summed E-state index contributed by atoms with van der Waals surface area (Å²) in [7, 11) is 0. The van der Waals surface area contributed by atoms with Gasteiger partial charge in [-0.2, -0.15) is 5.10 Å². The van der Waals surface area contributed by atoms with Crippen molar-refractivity contribution in [3.8, 4) is 0 Å². The summed E-state index contributed by atoms with van der Waals surface area (Å²) < 4.78 is 1.37. The zero-order valence-electron chi connectivity index (χ0n) is 10.2. The number of aromatic nitrogens is 3. The van der Waals surface area contributed by atoms with E-state index < -0.39 is 0 Å². The van der Waals surface area contributed by atoms with Crippen LogP contribution in [0.25, 0.3) is 0 Å². The zero-order chi connectivity index (χ0) is 13.0. The molecule has 3 N–H and O–H groups in total. The number of nitrogens with one attached hydrogen (secondary N) is 1. The fourth-order valence-corrected chi connectivity index (χ4v) is 1.56. The molecule has 1 aromatic carbocycles. The lowest BCUT2D eigenvalue weighted by Gasteiger charge is -2.01. The molecule has 0 aliphatic carbocycles. The summed E-state index contributed by atoms with van der Waals surface area (Å²) in [5.41, 5.74) is 3.53. The summed E-state index contributed by atoms with van der Waals surface area (Å²) in [5.74, 6) is 6.82. The summed E-state index contributed by atoms with van der Waals surface area (Å²) in [4.78, 5) is 0. The van der Waals surface area contributed by atoms with Gasteiger partial charge < -0.3 is 5.84 Å².